The summed E-state index contributed by atoms with van der Waals surface area (Å²) in [7, 11) is -3.25. The van der Waals surface area contributed by atoms with Crippen LogP contribution in [0.1, 0.15) is 27.2 Å². The molecule has 0 radical (unpaired) electrons. The van der Waals surface area contributed by atoms with Gasteiger partial charge in [-0.1, -0.05) is 0 Å². The molecule has 3 N–H and O–H groups in total. The fourth-order valence-electron chi connectivity index (χ4n) is 2.49. The maximum Gasteiger partial charge on any atom is 0.209 e. The molecule has 1 heterocycles. The summed E-state index contributed by atoms with van der Waals surface area (Å²) in [5, 5.41) is 6.48. The van der Waals surface area contributed by atoms with Gasteiger partial charge in [-0.2, -0.15) is 0 Å². The van der Waals surface area contributed by atoms with E-state index >= 15 is 0 Å². The Morgan fingerprint density at radius 3 is 2.50 bits per heavy atom. The average Bonchev–Trinajstić information content (AvgIpc) is 2.48. The van der Waals surface area contributed by atoms with Gasteiger partial charge in [0.15, 0.2) is 5.96 Å². The molecular formula is C15H33N5O3S. The summed E-state index contributed by atoms with van der Waals surface area (Å²) in [6.07, 6.45) is 2.18. The number of guanidine groups is 1. The van der Waals surface area contributed by atoms with Gasteiger partial charge < -0.3 is 15.4 Å². The molecule has 1 aliphatic heterocycles. The number of rotatable bonds is 9. The summed E-state index contributed by atoms with van der Waals surface area (Å²) < 4.78 is 30.7. The van der Waals surface area contributed by atoms with E-state index in [9.17, 15) is 8.42 Å². The zero-order valence-corrected chi connectivity index (χ0v) is 16.2. The standard InChI is InChI=1S/C15H33N5O3S/c1-5-16-14(18-13-15(2,3)19-24(4,21)22)17-7-6-8-20-9-11-23-12-10-20/h19H,5-13H2,1-4H3,(H2,16,17,18). The molecule has 0 unspecified atom stereocenters. The van der Waals surface area contributed by atoms with Crippen LogP contribution in [-0.2, 0) is 14.8 Å². The number of sulfonamides is 1. The molecule has 1 aliphatic rings. The quantitative estimate of drug-likeness (QED) is 0.293. The molecule has 8 nitrogen and oxygen atoms in total. The Labute approximate surface area is 146 Å². The molecule has 142 valence electrons. The van der Waals surface area contributed by atoms with Crippen LogP contribution in [0.2, 0.25) is 0 Å². The SMILES string of the molecule is CCNC(=NCC(C)(C)NS(C)(=O)=O)NCCCN1CCOCC1. The van der Waals surface area contributed by atoms with Crippen LogP contribution in [0.25, 0.3) is 0 Å². The van der Waals surface area contributed by atoms with E-state index in [-0.39, 0.29) is 0 Å². The van der Waals surface area contributed by atoms with E-state index in [0.717, 1.165) is 58.6 Å². The van der Waals surface area contributed by atoms with E-state index < -0.39 is 15.6 Å². The first-order chi connectivity index (χ1) is 11.2. The molecule has 0 aromatic rings. The molecule has 0 aliphatic carbocycles. The predicted octanol–water partition coefficient (Wildman–Crippen LogP) is -0.408. The molecule has 0 aromatic heterocycles. The minimum absolute atomic E-state index is 0.360. The molecule has 0 aromatic carbocycles. The van der Waals surface area contributed by atoms with E-state index in [4.69, 9.17) is 4.74 Å². The molecule has 0 amide bonds. The van der Waals surface area contributed by atoms with Crippen LogP contribution in [0.5, 0.6) is 0 Å². The van der Waals surface area contributed by atoms with Crippen molar-refractivity contribution in [3.05, 3.63) is 0 Å². The zero-order chi connectivity index (χ0) is 18.1. The molecular weight excluding hydrogens is 330 g/mol. The summed E-state index contributed by atoms with van der Waals surface area (Å²) in [5.74, 6) is 0.711. The third kappa shape index (κ3) is 10.1. The maximum atomic E-state index is 11.4. The molecule has 0 bridgehead atoms. The number of hydrogen-bond donors (Lipinski definition) is 3. The first kappa shape index (κ1) is 21.1. The van der Waals surface area contributed by atoms with Crippen LogP contribution in [0.15, 0.2) is 4.99 Å². The molecule has 24 heavy (non-hydrogen) atoms. The number of hydrogen-bond acceptors (Lipinski definition) is 5. The van der Waals surface area contributed by atoms with Crippen LogP contribution in [0, 0.1) is 0 Å². The summed E-state index contributed by atoms with van der Waals surface area (Å²) in [6, 6.07) is 0. The van der Waals surface area contributed by atoms with Crippen molar-refractivity contribution < 1.29 is 13.2 Å². The van der Waals surface area contributed by atoms with Crippen molar-refractivity contribution in [2.24, 2.45) is 4.99 Å². The number of ether oxygens (including phenoxy) is 1. The Morgan fingerprint density at radius 2 is 1.92 bits per heavy atom. The second kappa shape index (κ2) is 10.2. The molecule has 0 atom stereocenters. The molecule has 0 saturated carbocycles. The van der Waals surface area contributed by atoms with Crippen LogP contribution in [0.3, 0.4) is 0 Å². The lowest BCUT2D eigenvalue weighted by atomic mass is 10.1. The van der Waals surface area contributed by atoms with E-state index in [1.165, 1.54) is 0 Å². The summed E-state index contributed by atoms with van der Waals surface area (Å²) in [4.78, 5) is 6.88. The van der Waals surface area contributed by atoms with Gasteiger partial charge in [0.25, 0.3) is 0 Å². The molecule has 9 heteroatoms. The van der Waals surface area contributed by atoms with Crippen molar-refractivity contribution in [3.63, 3.8) is 0 Å². The third-order valence-electron chi connectivity index (χ3n) is 3.49. The number of morpholine rings is 1. The van der Waals surface area contributed by atoms with E-state index in [1.54, 1.807) is 0 Å². The molecule has 1 fully saturated rings. The van der Waals surface area contributed by atoms with Crippen molar-refractivity contribution >= 4 is 16.0 Å². The highest BCUT2D eigenvalue weighted by atomic mass is 32.2. The Bertz CT molecular complexity index is 487. The number of nitrogens with zero attached hydrogens (tertiary/aromatic N) is 2. The van der Waals surface area contributed by atoms with Crippen molar-refractivity contribution in [3.8, 4) is 0 Å². The second-order valence-corrected chi connectivity index (χ2v) is 8.44. The summed E-state index contributed by atoms with van der Waals surface area (Å²) in [6.45, 7) is 12.3. The van der Waals surface area contributed by atoms with Gasteiger partial charge in [-0.05, 0) is 33.7 Å². The first-order valence-electron chi connectivity index (χ1n) is 8.53. The van der Waals surface area contributed by atoms with Gasteiger partial charge >= 0.3 is 0 Å². The van der Waals surface area contributed by atoms with E-state index in [0.29, 0.717) is 12.5 Å². The Morgan fingerprint density at radius 1 is 1.25 bits per heavy atom. The average molecular weight is 364 g/mol. The lowest BCUT2D eigenvalue weighted by Gasteiger charge is -2.26. The van der Waals surface area contributed by atoms with Crippen LogP contribution in [0.4, 0.5) is 0 Å². The number of nitrogens with one attached hydrogen (secondary N) is 3. The molecule has 1 saturated heterocycles. The van der Waals surface area contributed by atoms with Gasteiger partial charge in [0.05, 0.1) is 26.0 Å². The molecule has 0 spiro atoms. The van der Waals surface area contributed by atoms with Crippen molar-refractivity contribution in [2.75, 3.05) is 58.7 Å². The van der Waals surface area contributed by atoms with Gasteiger partial charge in [0.2, 0.25) is 10.0 Å². The van der Waals surface area contributed by atoms with Crippen LogP contribution < -0.4 is 15.4 Å². The Hall–Kier alpha value is -0.900. The Balaban J connectivity index is 2.38. The maximum absolute atomic E-state index is 11.4. The minimum Gasteiger partial charge on any atom is -0.379 e. The smallest absolute Gasteiger partial charge is 0.209 e. The highest BCUT2D eigenvalue weighted by molar-refractivity contribution is 7.88. The van der Waals surface area contributed by atoms with Gasteiger partial charge in [-0.3, -0.25) is 9.89 Å². The highest BCUT2D eigenvalue weighted by Gasteiger charge is 2.21. The number of aliphatic imine (C=N–C) groups is 1. The first-order valence-corrected chi connectivity index (χ1v) is 10.4. The molecule has 1 rings (SSSR count). The van der Waals surface area contributed by atoms with Gasteiger partial charge in [-0.25, -0.2) is 13.1 Å². The lowest BCUT2D eigenvalue weighted by Crippen LogP contribution is -2.47. The Kier molecular flexibility index (Phi) is 8.96. The van der Waals surface area contributed by atoms with E-state index in [2.05, 4.69) is 25.2 Å². The van der Waals surface area contributed by atoms with Crippen LogP contribution >= 0.6 is 0 Å². The summed E-state index contributed by atoms with van der Waals surface area (Å²) in [5.41, 5.74) is -0.621. The minimum atomic E-state index is -3.25. The fraction of sp³-hybridized carbons (Fsp3) is 0.933. The normalized spacial score (nSPS) is 17.8. The van der Waals surface area contributed by atoms with Gasteiger partial charge in [0, 0.05) is 31.7 Å². The zero-order valence-electron chi connectivity index (χ0n) is 15.4. The predicted molar refractivity (Wildman–Crippen MR) is 97.9 cm³/mol. The van der Waals surface area contributed by atoms with Gasteiger partial charge in [0.1, 0.15) is 0 Å². The third-order valence-corrected chi connectivity index (χ3v) is 4.41. The van der Waals surface area contributed by atoms with Crippen molar-refractivity contribution in [2.45, 2.75) is 32.7 Å². The van der Waals surface area contributed by atoms with Gasteiger partial charge in [-0.15, -0.1) is 0 Å². The largest absolute Gasteiger partial charge is 0.379 e. The van der Waals surface area contributed by atoms with Crippen molar-refractivity contribution in [1.82, 2.24) is 20.3 Å². The highest BCUT2D eigenvalue weighted by Crippen LogP contribution is 2.04. The second-order valence-electron chi connectivity index (χ2n) is 6.69. The monoisotopic (exact) mass is 363 g/mol. The van der Waals surface area contributed by atoms with E-state index in [1.807, 2.05) is 20.8 Å². The fourth-order valence-corrected chi connectivity index (χ4v) is 3.56. The van der Waals surface area contributed by atoms with Crippen LogP contribution in [-0.4, -0.2) is 83.6 Å². The van der Waals surface area contributed by atoms with Crippen molar-refractivity contribution in [1.29, 1.82) is 0 Å². The summed E-state index contributed by atoms with van der Waals surface area (Å²) >= 11 is 0. The topological polar surface area (TPSA) is 95.1 Å². The lowest BCUT2D eigenvalue weighted by molar-refractivity contribution is 0.0376.